The largest absolute Gasteiger partial charge is 0.486 e. The summed E-state index contributed by atoms with van der Waals surface area (Å²) in [6, 6.07) is 18.1. The highest BCUT2D eigenvalue weighted by Gasteiger charge is 2.19. The first-order chi connectivity index (χ1) is 15.3. The Morgan fingerprint density at radius 1 is 0.968 bits per heavy atom. The van der Waals surface area contributed by atoms with Crippen LogP contribution in [0.4, 0.5) is 0 Å². The molecule has 6 nitrogen and oxygen atoms in total. The van der Waals surface area contributed by atoms with Crippen molar-refractivity contribution in [3.05, 3.63) is 83.1 Å². The molecular formula is C23H19ClN4O2S. The van der Waals surface area contributed by atoms with Crippen LogP contribution in [0.25, 0.3) is 11.4 Å². The van der Waals surface area contributed by atoms with Crippen LogP contribution in [0.5, 0.6) is 11.5 Å². The molecule has 1 aliphatic rings. The molecule has 0 radical (unpaired) electrons. The van der Waals surface area contributed by atoms with Crippen molar-refractivity contribution >= 4 is 23.4 Å². The highest BCUT2D eigenvalue weighted by atomic mass is 35.5. The second-order valence-electron chi connectivity index (χ2n) is 7.01. The monoisotopic (exact) mass is 450 g/mol. The standard InChI is InChI=1S/C23H19ClN4O2S/c24-19-11-17(12-20-21(19)30-10-9-29-20)15-31-23-27-26-22(18-7-4-8-25-13-18)28(23)14-16-5-2-1-3-6-16/h1-8,11-13H,9-10,14-15H2. The van der Waals surface area contributed by atoms with Gasteiger partial charge in [0.1, 0.15) is 13.2 Å². The first kappa shape index (κ1) is 19.9. The van der Waals surface area contributed by atoms with E-state index in [-0.39, 0.29) is 0 Å². The van der Waals surface area contributed by atoms with Gasteiger partial charge in [0, 0.05) is 23.7 Å². The molecule has 5 rings (SSSR count). The molecule has 0 atom stereocenters. The normalized spacial score (nSPS) is 12.7. The Hall–Kier alpha value is -3.03. The second kappa shape index (κ2) is 8.99. The van der Waals surface area contributed by atoms with Gasteiger partial charge in [-0.1, -0.05) is 53.7 Å². The van der Waals surface area contributed by atoms with E-state index in [1.54, 1.807) is 24.2 Å². The van der Waals surface area contributed by atoms with Gasteiger partial charge in [-0.05, 0) is 35.4 Å². The topological polar surface area (TPSA) is 62.1 Å². The molecule has 2 aromatic carbocycles. The van der Waals surface area contributed by atoms with E-state index in [9.17, 15) is 0 Å². The molecule has 0 saturated carbocycles. The third kappa shape index (κ3) is 4.38. The van der Waals surface area contributed by atoms with E-state index in [0.717, 1.165) is 22.1 Å². The maximum atomic E-state index is 6.40. The third-order valence-electron chi connectivity index (χ3n) is 4.84. The van der Waals surface area contributed by atoms with Crippen LogP contribution in [0, 0.1) is 0 Å². The van der Waals surface area contributed by atoms with Crippen molar-refractivity contribution in [1.82, 2.24) is 19.7 Å². The highest BCUT2D eigenvalue weighted by Crippen LogP contribution is 2.39. The zero-order chi connectivity index (χ0) is 21.0. The summed E-state index contributed by atoms with van der Waals surface area (Å²) >= 11 is 8.01. The first-order valence-corrected chi connectivity index (χ1v) is 11.2. The molecule has 8 heteroatoms. The van der Waals surface area contributed by atoms with Gasteiger partial charge in [-0.25, -0.2) is 0 Å². The molecule has 0 amide bonds. The summed E-state index contributed by atoms with van der Waals surface area (Å²) in [6.45, 7) is 1.71. The van der Waals surface area contributed by atoms with Crippen LogP contribution in [-0.2, 0) is 12.3 Å². The van der Waals surface area contributed by atoms with Crippen LogP contribution in [0.3, 0.4) is 0 Å². The molecule has 0 bridgehead atoms. The molecule has 4 aromatic rings. The fraction of sp³-hybridized carbons (Fsp3) is 0.174. The van der Waals surface area contributed by atoms with E-state index in [2.05, 4.69) is 31.9 Å². The minimum atomic E-state index is 0.514. The fourth-order valence-corrected chi connectivity index (χ4v) is 4.56. The van der Waals surface area contributed by atoms with Crippen molar-refractivity contribution < 1.29 is 9.47 Å². The van der Waals surface area contributed by atoms with Crippen molar-refractivity contribution in [3.63, 3.8) is 0 Å². The lowest BCUT2D eigenvalue weighted by Crippen LogP contribution is -2.15. The number of benzene rings is 2. The zero-order valence-electron chi connectivity index (χ0n) is 16.6. The van der Waals surface area contributed by atoms with Crippen molar-refractivity contribution in [2.45, 2.75) is 17.5 Å². The SMILES string of the molecule is Clc1cc(CSc2nnc(-c3cccnc3)n2Cc2ccccc2)cc2c1OCCO2. The number of halogens is 1. The third-order valence-corrected chi connectivity index (χ3v) is 6.16. The van der Waals surface area contributed by atoms with Crippen molar-refractivity contribution in [1.29, 1.82) is 0 Å². The zero-order valence-corrected chi connectivity index (χ0v) is 18.1. The Labute approximate surface area is 189 Å². The molecule has 3 heterocycles. The molecule has 0 spiro atoms. The van der Waals surface area contributed by atoms with Gasteiger partial charge in [-0.2, -0.15) is 0 Å². The average molecular weight is 451 g/mol. The number of hydrogen-bond donors (Lipinski definition) is 0. The van der Waals surface area contributed by atoms with Gasteiger partial charge in [0.25, 0.3) is 0 Å². The summed E-state index contributed by atoms with van der Waals surface area (Å²) in [5.74, 6) is 2.78. The molecular weight excluding hydrogens is 432 g/mol. The Kier molecular flexibility index (Phi) is 5.78. The number of fused-ring (bicyclic) bond motifs is 1. The van der Waals surface area contributed by atoms with E-state index in [0.29, 0.717) is 42.0 Å². The van der Waals surface area contributed by atoms with E-state index in [1.807, 2.05) is 42.5 Å². The molecule has 0 N–H and O–H groups in total. The van der Waals surface area contributed by atoms with Crippen LogP contribution < -0.4 is 9.47 Å². The Balaban J connectivity index is 1.44. The maximum absolute atomic E-state index is 6.40. The van der Waals surface area contributed by atoms with E-state index in [1.165, 1.54) is 5.56 Å². The summed E-state index contributed by atoms with van der Waals surface area (Å²) in [6.07, 6.45) is 3.56. The molecule has 0 saturated heterocycles. The predicted molar refractivity (Wildman–Crippen MR) is 121 cm³/mol. The Bertz CT molecular complexity index is 1190. The predicted octanol–water partition coefficient (Wildman–Crippen LogP) is 5.11. The van der Waals surface area contributed by atoms with Crippen LogP contribution in [0.2, 0.25) is 5.02 Å². The molecule has 31 heavy (non-hydrogen) atoms. The number of nitrogens with zero attached hydrogens (tertiary/aromatic N) is 4. The van der Waals surface area contributed by atoms with E-state index < -0.39 is 0 Å². The lowest BCUT2D eigenvalue weighted by atomic mass is 10.2. The summed E-state index contributed by atoms with van der Waals surface area (Å²) in [5, 5.41) is 10.3. The summed E-state index contributed by atoms with van der Waals surface area (Å²) in [7, 11) is 0. The molecule has 2 aromatic heterocycles. The number of rotatable bonds is 6. The number of ether oxygens (including phenoxy) is 2. The maximum Gasteiger partial charge on any atom is 0.192 e. The van der Waals surface area contributed by atoms with Gasteiger partial charge in [0.2, 0.25) is 0 Å². The van der Waals surface area contributed by atoms with E-state index in [4.69, 9.17) is 21.1 Å². The summed E-state index contributed by atoms with van der Waals surface area (Å²) < 4.78 is 13.4. The van der Waals surface area contributed by atoms with Crippen molar-refractivity contribution in [2.75, 3.05) is 13.2 Å². The molecule has 1 aliphatic heterocycles. The molecule has 0 aliphatic carbocycles. The van der Waals surface area contributed by atoms with Crippen LogP contribution in [0.15, 0.2) is 72.1 Å². The van der Waals surface area contributed by atoms with E-state index >= 15 is 0 Å². The summed E-state index contributed by atoms with van der Waals surface area (Å²) in [4.78, 5) is 4.23. The molecule has 0 unspecified atom stereocenters. The quantitative estimate of drug-likeness (QED) is 0.380. The number of aromatic nitrogens is 4. The van der Waals surface area contributed by atoms with Gasteiger partial charge < -0.3 is 9.47 Å². The first-order valence-electron chi connectivity index (χ1n) is 9.86. The van der Waals surface area contributed by atoms with Crippen molar-refractivity contribution in [2.24, 2.45) is 0 Å². The fourth-order valence-electron chi connectivity index (χ4n) is 3.41. The molecule has 156 valence electrons. The van der Waals surface area contributed by atoms with Crippen molar-refractivity contribution in [3.8, 4) is 22.9 Å². The smallest absolute Gasteiger partial charge is 0.192 e. The van der Waals surface area contributed by atoms with Crippen LogP contribution in [-0.4, -0.2) is 33.0 Å². The lowest BCUT2D eigenvalue weighted by molar-refractivity contribution is 0.171. The van der Waals surface area contributed by atoms with Crippen LogP contribution in [0.1, 0.15) is 11.1 Å². The Morgan fingerprint density at radius 2 is 1.84 bits per heavy atom. The average Bonchev–Trinajstić information content (AvgIpc) is 3.21. The van der Waals surface area contributed by atoms with Gasteiger partial charge in [0.05, 0.1) is 11.6 Å². The molecule has 0 fully saturated rings. The highest BCUT2D eigenvalue weighted by molar-refractivity contribution is 7.98. The van der Waals surface area contributed by atoms with Gasteiger partial charge in [0.15, 0.2) is 22.5 Å². The lowest BCUT2D eigenvalue weighted by Gasteiger charge is -2.20. The number of pyridine rings is 1. The van der Waals surface area contributed by atoms with Gasteiger partial charge in [-0.15, -0.1) is 10.2 Å². The minimum absolute atomic E-state index is 0.514. The number of hydrogen-bond acceptors (Lipinski definition) is 6. The van der Waals surface area contributed by atoms with Gasteiger partial charge in [-0.3, -0.25) is 9.55 Å². The second-order valence-corrected chi connectivity index (χ2v) is 8.36. The number of thioether (sulfide) groups is 1. The van der Waals surface area contributed by atoms with Crippen LogP contribution >= 0.6 is 23.4 Å². The Morgan fingerprint density at radius 3 is 2.68 bits per heavy atom. The minimum Gasteiger partial charge on any atom is -0.486 e. The summed E-state index contributed by atoms with van der Waals surface area (Å²) in [5.41, 5.74) is 3.15. The van der Waals surface area contributed by atoms with Gasteiger partial charge >= 0.3 is 0 Å².